The number of halogens is 1. The second-order valence-corrected chi connectivity index (χ2v) is 7.45. The molecule has 23 heavy (non-hydrogen) atoms. The van der Waals surface area contributed by atoms with Crippen LogP contribution in [-0.4, -0.2) is 10.9 Å². The first kappa shape index (κ1) is 15.6. The van der Waals surface area contributed by atoms with Crippen molar-refractivity contribution < 1.29 is 9.18 Å². The van der Waals surface area contributed by atoms with Crippen LogP contribution in [0.2, 0.25) is 0 Å². The summed E-state index contributed by atoms with van der Waals surface area (Å²) in [6.07, 6.45) is 0. The molecule has 2 aromatic carbocycles. The SMILES string of the molecule is CC(C)(C)c1ccc2nc(NC(=O)c3cccc(F)c3)sc2c1. The van der Waals surface area contributed by atoms with Gasteiger partial charge in [-0.05, 0) is 41.3 Å². The molecule has 0 saturated carbocycles. The second-order valence-electron chi connectivity index (χ2n) is 6.42. The number of amides is 1. The van der Waals surface area contributed by atoms with Gasteiger partial charge in [-0.2, -0.15) is 0 Å². The van der Waals surface area contributed by atoms with Gasteiger partial charge in [0.25, 0.3) is 5.91 Å². The van der Waals surface area contributed by atoms with Crippen molar-refractivity contribution in [1.82, 2.24) is 4.98 Å². The van der Waals surface area contributed by atoms with Crippen LogP contribution >= 0.6 is 11.3 Å². The highest BCUT2D eigenvalue weighted by Crippen LogP contribution is 2.31. The van der Waals surface area contributed by atoms with E-state index in [1.54, 1.807) is 6.07 Å². The number of benzene rings is 2. The number of carbonyl (C=O) groups excluding carboxylic acids is 1. The van der Waals surface area contributed by atoms with Gasteiger partial charge in [-0.1, -0.05) is 44.2 Å². The van der Waals surface area contributed by atoms with E-state index in [1.807, 2.05) is 6.07 Å². The number of carbonyl (C=O) groups is 1. The zero-order valence-corrected chi connectivity index (χ0v) is 14.0. The molecule has 0 aliphatic rings. The van der Waals surface area contributed by atoms with Gasteiger partial charge in [-0.25, -0.2) is 9.37 Å². The number of hydrogen-bond donors (Lipinski definition) is 1. The van der Waals surface area contributed by atoms with Crippen molar-refractivity contribution in [2.75, 3.05) is 5.32 Å². The van der Waals surface area contributed by atoms with Gasteiger partial charge in [0.1, 0.15) is 5.82 Å². The lowest BCUT2D eigenvalue weighted by molar-refractivity contribution is 0.102. The number of nitrogens with one attached hydrogen (secondary N) is 1. The summed E-state index contributed by atoms with van der Waals surface area (Å²) in [5.74, 6) is -0.795. The third-order valence-electron chi connectivity index (χ3n) is 3.56. The van der Waals surface area contributed by atoms with E-state index in [0.29, 0.717) is 5.13 Å². The summed E-state index contributed by atoms with van der Waals surface area (Å²) in [6, 6.07) is 11.7. The standard InChI is InChI=1S/C18H17FN2OS/c1-18(2,3)12-7-8-14-15(10-12)23-17(20-14)21-16(22)11-5-4-6-13(19)9-11/h4-10H,1-3H3,(H,20,21,22). The fourth-order valence-corrected chi connectivity index (χ4v) is 3.14. The molecule has 1 amide bonds. The predicted octanol–water partition coefficient (Wildman–Crippen LogP) is 4.99. The monoisotopic (exact) mass is 328 g/mol. The summed E-state index contributed by atoms with van der Waals surface area (Å²) < 4.78 is 14.2. The first-order chi connectivity index (χ1) is 10.8. The lowest BCUT2D eigenvalue weighted by Gasteiger charge is -2.18. The average Bonchev–Trinajstić information content (AvgIpc) is 2.87. The molecule has 0 aliphatic carbocycles. The van der Waals surface area contributed by atoms with Gasteiger partial charge in [-0.15, -0.1) is 0 Å². The third kappa shape index (κ3) is 3.40. The second kappa shape index (κ2) is 5.74. The zero-order valence-electron chi connectivity index (χ0n) is 13.2. The van der Waals surface area contributed by atoms with Crippen LogP contribution in [0.4, 0.5) is 9.52 Å². The molecular weight excluding hydrogens is 311 g/mol. The molecule has 118 valence electrons. The topological polar surface area (TPSA) is 42.0 Å². The predicted molar refractivity (Wildman–Crippen MR) is 92.7 cm³/mol. The van der Waals surface area contributed by atoms with Gasteiger partial charge in [0.05, 0.1) is 10.2 Å². The molecule has 0 fully saturated rings. The smallest absolute Gasteiger partial charge is 0.257 e. The Labute approximate surface area is 138 Å². The number of rotatable bonds is 2. The Bertz CT molecular complexity index is 880. The summed E-state index contributed by atoms with van der Waals surface area (Å²) >= 11 is 1.42. The summed E-state index contributed by atoms with van der Waals surface area (Å²) in [6.45, 7) is 6.46. The minimum absolute atomic E-state index is 0.0587. The van der Waals surface area contributed by atoms with E-state index in [1.165, 1.54) is 35.1 Å². The van der Waals surface area contributed by atoms with Crippen LogP contribution in [0.15, 0.2) is 42.5 Å². The maximum Gasteiger partial charge on any atom is 0.257 e. The van der Waals surface area contributed by atoms with Gasteiger partial charge < -0.3 is 0 Å². The number of aromatic nitrogens is 1. The summed E-state index contributed by atoms with van der Waals surface area (Å²) in [5.41, 5.74) is 2.40. The Balaban J connectivity index is 1.87. The van der Waals surface area contributed by atoms with Crippen molar-refractivity contribution in [3.05, 3.63) is 59.4 Å². The fourth-order valence-electron chi connectivity index (χ4n) is 2.24. The van der Waals surface area contributed by atoms with Crippen LogP contribution < -0.4 is 5.32 Å². The molecule has 1 aromatic heterocycles. The molecule has 5 heteroatoms. The fraction of sp³-hybridized carbons (Fsp3) is 0.222. The molecule has 1 N–H and O–H groups in total. The first-order valence-electron chi connectivity index (χ1n) is 7.31. The van der Waals surface area contributed by atoms with E-state index >= 15 is 0 Å². The lowest BCUT2D eigenvalue weighted by Crippen LogP contribution is -2.11. The molecule has 0 atom stereocenters. The highest BCUT2D eigenvalue weighted by molar-refractivity contribution is 7.22. The van der Waals surface area contributed by atoms with Crippen molar-refractivity contribution in [3.8, 4) is 0 Å². The van der Waals surface area contributed by atoms with Gasteiger partial charge >= 0.3 is 0 Å². The summed E-state index contributed by atoms with van der Waals surface area (Å²) in [5, 5.41) is 3.25. The van der Waals surface area contributed by atoms with Crippen LogP contribution in [0.1, 0.15) is 36.7 Å². The maximum absolute atomic E-state index is 13.2. The van der Waals surface area contributed by atoms with E-state index in [2.05, 4.69) is 43.2 Å². The molecule has 0 bridgehead atoms. The van der Waals surface area contributed by atoms with E-state index in [0.717, 1.165) is 10.2 Å². The molecular formula is C18H17FN2OS. The molecule has 0 unspecified atom stereocenters. The van der Waals surface area contributed by atoms with E-state index in [9.17, 15) is 9.18 Å². The zero-order chi connectivity index (χ0) is 16.6. The van der Waals surface area contributed by atoms with Crippen molar-refractivity contribution in [1.29, 1.82) is 0 Å². The number of hydrogen-bond acceptors (Lipinski definition) is 3. The van der Waals surface area contributed by atoms with Crippen LogP contribution in [0.3, 0.4) is 0 Å². The Hall–Kier alpha value is -2.27. The van der Waals surface area contributed by atoms with Crippen molar-refractivity contribution in [2.45, 2.75) is 26.2 Å². The largest absolute Gasteiger partial charge is 0.298 e. The van der Waals surface area contributed by atoms with E-state index in [4.69, 9.17) is 0 Å². The van der Waals surface area contributed by atoms with E-state index < -0.39 is 5.82 Å². The van der Waals surface area contributed by atoms with Crippen LogP contribution in [-0.2, 0) is 5.41 Å². The number of thiazole rings is 1. The normalized spacial score (nSPS) is 11.7. The average molecular weight is 328 g/mol. The van der Waals surface area contributed by atoms with Crippen molar-refractivity contribution in [3.63, 3.8) is 0 Å². The Morgan fingerprint density at radius 2 is 1.96 bits per heavy atom. The molecule has 3 nitrogen and oxygen atoms in total. The molecule has 0 aliphatic heterocycles. The molecule has 1 heterocycles. The van der Waals surface area contributed by atoms with E-state index in [-0.39, 0.29) is 16.9 Å². The summed E-state index contributed by atoms with van der Waals surface area (Å²) in [7, 11) is 0. The van der Waals surface area contributed by atoms with Crippen LogP contribution in [0.25, 0.3) is 10.2 Å². The highest BCUT2D eigenvalue weighted by Gasteiger charge is 2.16. The lowest BCUT2D eigenvalue weighted by atomic mass is 9.87. The van der Waals surface area contributed by atoms with Gasteiger partial charge in [0.15, 0.2) is 5.13 Å². The Kier molecular flexibility index (Phi) is 3.90. The Morgan fingerprint density at radius 3 is 2.65 bits per heavy atom. The quantitative estimate of drug-likeness (QED) is 0.720. The molecule has 3 aromatic rings. The number of anilines is 1. The van der Waals surface area contributed by atoms with Crippen LogP contribution in [0, 0.1) is 5.82 Å². The highest BCUT2D eigenvalue weighted by atomic mass is 32.1. The minimum atomic E-state index is -0.434. The third-order valence-corrected chi connectivity index (χ3v) is 4.50. The van der Waals surface area contributed by atoms with Gasteiger partial charge in [0, 0.05) is 5.56 Å². The number of nitrogens with zero attached hydrogens (tertiary/aromatic N) is 1. The Morgan fingerprint density at radius 1 is 1.17 bits per heavy atom. The van der Waals surface area contributed by atoms with Gasteiger partial charge in [0.2, 0.25) is 0 Å². The first-order valence-corrected chi connectivity index (χ1v) is 8.12. The molecule has 3 rings (SSSR count). The van der Waals surface area contributed by atoms with Crippen molar-refractivity contribution in [2.24, 2.45) is 0 Å². The minimum Gasteiger partial charge on any atom is -0.298 e. The molecule has 0 saturated heterocycles. The van der Waals surface area contributed by atoms with Gasteiger partial charge in [-0.3, -0.25) is 10.1 Å². The maximum atomic E-state index is 13.2. The number of fused-ring (bicyclic) bond motifs is 1. The van der Waals surface area contributed by atoms with Crippen LogP contribution in [0.5, 0.6) is 0 Å². The molecule has 0 radical (unpaired) electrons. The van der Waals surface area contributed by atoms with Crippen molar-refractivity contribution >= 4 is 32.6 Å². The molecule has 0 spiro atoms. The summed E-state index contributed by atoms with van der Waals surface area (Å²) in [4.78, 5) is 16.6.